The van der Waals surface area contributed by atoms with E-state index in [1.807, 2.05) is 6.92 Å². The lowest BCUT2D eigenvalue weighted by atomic mass is 9.94. The van der Waals surface area contributed by atoms with Gasteiger partial charge in [-0.05, 0) is 33.0 Å². The summed E-state index contributed by atoms with van der Waals surface area (Å²) in [5, 5.41) is 0. The number of rotatable bonds is 7. The number of cyclic esters (lactones) is 1. The van der Waals surface area contributed by atoms with Crippen LogP contribution in [0.4, 0.5) is 0 Å². The Morgan fingerprint density at radius 2 is 2.05 bits per heavy atom. The SMILES string of the molecule is CCCCCC(O[Si](C)(C)C)[C@@]12O[C@@H]1[C@@H](C)OC2=O. The monoisotopic (exact) mass is 286 g/mol. The van der Waals surface area contributed by atoms with Crippen LogP contribution in [0.25, 0.3) is 0 Å². The van der Waals surface area contributed by atoms with Crippen molar-refractivity contribution in [3.8, 4) is 0 Å². The van der Waals surface area contributed by atoms with Crippen molar-refractivity contribution in [2.75, 3.05) is 0 Å². The molecule has 0 aromatic heterocycles. The molecule has 0 bridgehead atoms. The molecule has 4 atom stereocenters. The Morgan fingerprint density at radius 3 is 2.47 bits per heavy atom. The Hall–Kier alpha value is -0.393. The molecular weight excluding hydrogens is 260 g/mol. The summed E-state index contributed by atoms with van der Waals surface area (Å²) in [6.07, 6.45) is 3.93. The van der Waals surface area contributed by atoms with Crippen molar-refractivity contribution in [1.82, 2.24) is 0 Å². The average molecular weight is 286 g/mol. The number of hydrogen-bond acceptors (Lipinski definition) is 4. The predicted octanol–water partition coefficient (Wildman–Crippen LogP) is 2.87. The molecule has 1 unspecified atom stereocenters. The molecule has 2 heterocycles. The lowest BCUT2D eigenvalue weighted by Crippen LogP contribution is -2.45. The molecule has 2 aliphatic rings. The van der Waals surface area contributed by atoms with Gasteiger partial charge in [0.2, 0.25) is 5.60 Å². The Kier molecular flexibility index (Phi) is 4.09. The minimum atomic E-state index is -1.71. The van der Waals surface area contributed by atoms with Crippen molar-refractivity contribution < 1.29 is 18.7 Å². The van der Waals surface area contributed by atoms with Crippen LogP contribution in [0.15, 0.2) is 0 Å². The summed E-state index contributed by atoms with van der Waals surface area (Å²) >= 11 is 0. The zero-order valence-corrected chi connectivity index (χ0v) is 13.7. The van der Waals surface area contributed by atoms with E-state index in [9.17, 15) is 4.79 Å². The molecule has 5 heteroatoms. The van der Waals surface area contributed by atoms with Gasteiger partial charge in [-0.1, -0.05) is 26.2 Å². The van der Waals surface area contributed by atoms with Crippen LogP contribution >= 0.6 is 0 Å². The van der Waals surface area contributed by atoms with Crippen molar-refractivity contribution in [2.24, 2.45) is 0 Å². The van der Waals surface area contributed by atoms with Crippen molar-refractivity contribution in [3.05, 3.63) is 0 Å². The van der Waals surface area contributed by atoms with Crippen molar-refractivity contribution in [2.45, 2.75) is 83.1 Å². The van der Waals surface area contributed by atoms with Gasteiger partial charge in [0.1, 0.15) is 12.2 Å². The molecule has 110 valence electrons. The number of esters is 1. The van der Waals surface area contributed by atoms with Gasteiger partial charge in [-0.25, -0.2) is 4.79 Å². The lowest BCUT2D eigenvalue weighted by Gasteiger charge is -2.28. The van der Waals surface area contributed by atoms with Gasteiger partial charge in [0.15, 0.2) is 8.32 Å². The number of epoxide rings is 1. The summed E-state index contributed by atoms with van der Waals surface area (Å²) in [5.41, 5.74) is -0.784. The maximum Gasteiger partial charge on any atom is 0.344 e. The van der Waals surface area contributed by atoms with Gasteiger partial charge in [-0.15, -0.1) is 0 Å². The van der Waals surface area contributed by atoms with Crippen LogP contribution in [0.1, 0.15) is 39.5 Å². The molecule has 4 nitrogen and oxygen atoms in total. The molecular formula is C14H26O4Si. The first-order valence-corrected chi connectivity index (χ1v) is 10.8. The Balaban J connectivity index is 2.07. The maximum absolute atomic E-state index is 12.1. The standard InChI is InChI=1S/C14H26O4Si/c1-6-7-8-9-11(18-19(3,4)5)14-12(17-14)10(2)16-13(14)15/h10-12H,6-9H2,1-5H3/t10-,11?,12-,14-/m1/s1. The van der Waals surface area contributed by atoms with Gasteiger partial charge < -0.3 is 13.9 Å². The Bertz CT molecular complexity index is 352. The van der Waals surface area contributed by atoms with E-state index in [-0.39, 0.29) is 24.3 Å². The zero-order valence-electron chi connectivity index (χ0n) is 12.7. The molecule has 2 saturated heterocycles. The van der Waals surface area contributed by atoms with E-state index in [4.69, 9.17) is 13.9 Å². The molecule has 0 amide bonds. The highest BCUT2D eigenvalue weighted by molar-refractivity contribution is 6.69. The van der Waals surface area contributed by atoms with Crippen LogP contribution in [-0.4, -0.2) is 38.2 Å². The molecule has 0 saturated carbocycles. The van der Waals surface area contributed by atoms with Crippen molar-refractivity contribution >= 4 is 14.3 Å². The van der Waals surface area contributed by atoms with Crippen LogP contribution in [0.5, 0.6) is 0 Å². The van der Waals surface area contributed by atoms with E-state index in [0.29, 0.717) is 0 Å². The van der Waals surface area contributed by atoms with Gasteiger partial charge in [0, 0.05) is 0 Å². The number of unbranched alkanes of at least 4 members (excludes halogenated alkanes) is 2. The highest BCUT2D eigenvalue weighted by Crippen LogP contribution is 2.51. The molecule has 0 N–H and O–H groups in total. The van der Waals surface area contributed by atoms with Gasteiger partial charge in [0.25, 0.3) is 0 Å². The van der Waals surface area contributed by atoms with Crippen LogP contribution in [-0.2, 0) is 18.7 Å². The highest BCUT2D eigenvalue weighted by atomic mass is 28.4. The van der Waals surface area contributed by atoms with Gasteiger partial charge in [-0.3, -0.25) is 0 Å². The summed E-state index contributed by atoms with van der Waals surface area (Å²) in [5.74, 6) is -0.218. The van der Waals surface area contributed by atoms with Crippen LogP contribution in [0, 0.1) is 0 Å². The van der Waals surface area contributed by atoms with Gasteiger partial charge >= 0.3 is 5.97 Å². The lowest BCUT2D eigenvalue weighted by molar-refractivity contribution is -0.156. The molecule has 19 heavy (non-hydrogen) atoms. The normalized spacial score (nSPS) is 34.9. The topological polar surface area (TPSA) is 48.1 Å². The second kappa shape index (κ2) is 5.18. The third-order valence-electron chi connectivity index (χ3n) is 3.77. The van der Waals surface area contributed by atoms with Crippen LogP contribution in [0.2, 0.25) is 19.6 Å². The number of carbonyl (C=O) groups excluding carboxylic acids is 1. The minimum absolute atomic E-state index is 0.0945. The first kappa shape index (κ1) is 15.0. The van der Waals surface area contributed by atoms with E-state index < -0.39 is 13.9 Å². The van der Waals surface area contributed by atoms with Crippen molar-refractivity contribution in [3.63, 3.8) is 0 Å². The van der Waals surface area contributed by atoms with E-state index >= 15 is 0 Å². The highest BCUT2D eigenvalue weighted by Gasteiger charge is 2.75. The minimum Gasteiger partial charge on any atom is -0.457 e. The largest absolute Gasteiger partial charge is 0.457 e. The second-order valence-electron chi connectivity index (χ2n) is 6.66. The summed E-state index contributed by atoms with van der Waals surface area (Å²) in [6, 6.07) is 0. The number of ether oxygens (including phenoxy) is 2. The molecule has 0 aliphatic carbocycles. The van der Waals surface area contributed by atoms with E-state index in [0.717, 1.165) is 25.7 Å². The number of carbonyl (C=O) groups is 1. The number of hydrogen-bond donors (Lipinski definition) is 0. The second-order valence-corrected chi connectivity index (χ2v) is 11.1. The van der Waals surface area contributed by atoms with E-state index in [2.05, 4.69) is 26.6 Å². The van der Waals surface area contributed by atoms with E-state index in [1.165, 1.54) is 0 Å². The smallest absolute Gasteiger partial charge is 0.344 e. The fraction of sp³-hybridized carbons (Fsp3) is 0.929. The predicted molar refractivity (Wildman–Crippen MR) is 75.5 cm³/mol. The molecule has 2 aliphatic heterocycles. The molecule has 2 rings (SSSR count). The summed E-state index contributed by atoms with van der Waals surface area (Å²) in [4.78, 5) is 12.1. The quantitative estimate of drug-likeness (QED) is 0.312. The first-order valence-electron chi connectivity index (χ1n) is 7.38. The molecule has 2 fully saturated rings. The first-order chi connectivity index (χ1) is 8.81. The molecule has 0 aromatic carbocycles. The van der Waals surface area contributed by atoms with Crippen LogP contribution < -0.4 is 0 Å². The molecule has 0 aromatic rings. The molecule has 0 spiro atoms. The fourth-order valence-corrected chi connectivity index (χ4v) is 4.01. The maximum atomic E-state index is 12.1. The fourth-order valence-electron chi connectivity index (χ4n) is 2.87. The third kappa shape index (κ3) is 2.88. The molecule has 0 radical (unpaired) electrons. The third-order valence-corrected chi connectivity index (χ3v) is 4.76. The summed E-state index contributed by atoms with van der Waals surface area (Å²) in [7, 11) is -1.71. The van der Waals surface area contributed by atoms with E-state index in [1.54, 1.807) is 0 Å². The number of fused-ring (bicyclic) bond motifs is 1. The van der Waals surface area contributed by atoms with Crippen molar-refractivity contribution in [1.29, 1.82) is 0 Å². The average Bonchev–Trinajstić information content (AvgIpc) is 2.97. The summed E-state index contributed by atoms with van der Waals surface area (Å²) in [6.45, 7) is 10.5. The zero-order chi connectivity index (χ0) is 14.3. The Morgan fingerprint density at radius 1 is 1.37 bits per heavy atom. The van der Waals surface area contributed by atoms with Gasteiger partial charge in [-0.2, -0.15) is 0 Å². The summed E-state index contributed by atoms with van der Waals surface area (Å²) < 4.78 is 17.3. The Labute approximate surface area is 116 Å². The van der Waals surface area contributed by atoms with Crippen LogP contribution in [0.3, 0.4) is 0 Å². The van der Waals surface area contributed by atoms with Gasteiger partial charge in [0.05, 0.1) is 6.10 Å².